The Hall–Kier alpha value is -3.88. The van der Waals surface area contributed by atoms with E-state index in [0.717, 1.165) is 28.7 Å². The highest BCUT2D eigenvalue weighted by atomic mass is 19.3. The van der Waals surface area contributed by atoms with Crippen LogP contribution < -0.4 is 0 Å². The van der Waals surface area contributed by atoms with Gasteiger partial charge in [-0.25, -0.2) is 18.3 Å². The molecule has 2 aromatic carbocycles. The number of halogens is 2. The van der Waals surface area contributed by atoms with E-state index in [9.17, 15) is 18.7 Å². The molecule has 1 fully saturated rings. The zero-order valence-electron chi connectivity index (χ0n) is 17.9. The average molecular weight is 450 g/mol. The van der Waals surface area contributed by atoms with E-state index in [1.165, 1.54) is 24.3 Å². The Bertz CT molecular complexity index is 1370. The van der Waals surface area contributed by atoms with Crippen molar-refractivity contribution in [2.45, 2.75) is 38.5 Å². The predicted octanol–water partition coefficient (Wildman–Crippen LogP) is 5.25. The molecule has 5 rings (SSSR count). The van der Waals surface area contributed by atoms with Crippen molar-refractivity contribution in [2.24, 2.45) is 0 Å². The van der Waals surface area contributed by atoms with Crippen molar-refractivity contribution in [1.29, 1.82) is 0 Å². The smallest absolute Gasteiger partial charge is 0.335 e. The molecule has 9 heteroatoms. The fourth-order valence-electron chi connectivity index (χ4n) is 4.25. The highest BCUT2D eigenvalue weighted by molar-refractivity contribution is 5.89. The minimum Gasteiger partial charge on any atom is -0.478 e. The maximum absolute atomic E-state index is 13.8. The minimum atomic E-state index is -2.81. The van der Waals surface area contributed by atoms with Gasteiger partial charge < -0.3 is 9.63 Å². The number of aromatic nitrogens is 4. The van der Waals surface area contributed by atoms with E-state index < -0.39 is 12.4 Å². The number of hydrogen-bond acceptors (Lipinski definition) is 5. The average Bonchev–Trinajstić information content (AvgIpc) is 3.21. The Morgan fingerprint density at radius 2 is 1.88 bits per heavy atom. The van der Waals surface area contributed by atoms with Gasteiger partial charge in [0.05, 0.1) is 16.7 Å². The third-order valence-corrected chi connectivity index (χ3v) is 6.13. The number of rotatable bonds is 6. The van der Waals surface area contributed by atoms with Crippen molar-refractivity contribution in [1.82, 2.24) is 19.9 Å². The molecule has 33 heavy (non-hydrogen) atoms. The molecule has 0 spiro atoms. The van der Waals surface area contributed by atoms with E-state index in [1.807, 2.05) is 31.2 Å². The maximum Gasteiger partial charge on any atom is 0.335 e. The molecule has 1 saturated carbocycles. The largest absolute Gasteiger partial charge is 0.478 e. The van der Waals surface area contributed by atoms with Crippen LogP contribution in [-0.4, -0.2) is 31.0 Å². The molecule has 1 aliphatic rings. The highest BCUT2D eigenvalue weighted by Crippen LogP contribution is 2.53. The number of aryl methyl sites for hydroxylation is 2. The van der Waals surface area contributed by atoms with Crippen LogP contribution in [0.5, 0.6) is 0 Å². The van der Waals surface area contributed by atoms with Crippen molar-refractivity contribution < 1.29 is 23.2 Å². The molecule has 4 aromatic rings. The zero-order chi connectivity index (χ0) is 23.3. The lowest BCUT2D eigenvalue weighted by molar-refractivity contribution is 0.0696. The topological polar surface area (TPSA) is 94.0 Å². The maximum atomic E-state index is 13.8. The van der Waals surface area contributed by atoms with E-state index in [0.29, 0.717) is 17.1 Å². The molecular formula is C24H20F2N4O3. The Kier molecular flexibility index (Phi) is 4.84. The molecule has 0 atom stereocenters. The van der Waals surface area contributed by atoms with Gasteiger partial charge in [0.1, 0.15) is 5.69 Å². The molecule has 168 valence electrons. The van der Waals surface area contributed by atoms with Gasteiger partial charge in [0.15, 0.2) is 11.5 Å². The monoisotopic (exact) mass is 450 g/mol. The summed E-state index contributed by atoms with van der Waals surface area (Å²) in [6, 6.07) is 13.6. The Morgan fingerprint density at radius 1 is 1.12 bits per heavy atom. The van der Waals surface area contributed by atoms with E-state index in [4.69, 9.17) is 4.52 Å². The van der Waals surface area contributed by atoms with Crippen LogP contribution in [0.2, 0.25) is 0 Å². The summed E-state index contributed by atoms with van der Waals surface area (Å²) in [6.45, 7) is 3.63. The van der Waals surface area contributed by atoms with Crippen molar-refractivity contribution >= 4 is 5.97 Å². The molecule has 2 aromatic heterocycles. The van der Waals surface area contributed by atoms with E-state index in [1.54, 1.807) is 6.92 Å². The molecule has 0 unspecified atom stereocenters. The second-order valence-electron chi connectivity index (χ2n) is 8.29. The summed E-state index contributed by atoms with van der Waals surface area (Å²) < 4.78 is 34.1. The van der Waals surface area contributed by atoms with Crippen molar-refractivity contribution in [2.75, 3.05) is 0 Å². The SMILES string of the molecule is Cc1cc(-n2nc(-c3nc(C4(c5ccccc5C)CC4)no3)cc2C(F)F)ccc1C(=O)O. The minimum absolute atomic E-state index is 0.0596. The van der Waals surface area contributed by atoms with E-state index >= 15 is 0 Å². The second-order valence-corrected chi connectivity index (χ2v) is 8.29. The van der Waals surface area contributed by atoms with Gasteiger partial charge in [-0.3, -0.25) is 0 Å². The lowest BCUT2D eigenvalue weighted by atomic mass is 9.91. The highest BCUT2D eigenvalue weighted by Gasteiger charge is 2.50. The molecule has 0 aliphatic heterocycles. The Morgan fingerprint density at radius 3 is 2.52 bits per heavy atom. The first-order valence-corrected chi connectivity index (χ1v) is 10.4. The number of aromatic carboxylic acids is 1. The van der Waals surface area contributed by atoms with Gasteiger partial charge in [-0.1, -0.05) is 29.4 Å². The number of carboxylic acids is 1. The normalized spacial score (nSPS) is 14.6. The summed E-state index contributed by atoms with van der Waals surface area (Å²) in [7, 11) is 0. The van der Waals surface area contributed by atoms with E-state index in [-0.39, 0.29) is 28.3 Å². The van der Waals surface area contributed by atoms with Crippen LogP contribution in [0.1, 0.15) is 57.8 Å². The number of alkyl halides is 2. The molecule has 1 aliphatic carbocycles. The van der Waals surface area contributed by atoms with Crippen LogP contribution >= 0.6 is 0 Å². The van der Waals surface area contributed by atoms with Gasteiger partial charge in [-0.15, -0.1) is 0 Å². The number of benzene rings is 2. The van der Waals surface area contributed by atoms with Crippen molar-refractivity contribution in [3.05, 3.63) is 82.3 Å². The van der Waals surface area contributed by atoms with Gasteiger partial charge in [-0.2, -0.15) is 10.1 Å². The van der Waals surface area contributed by atoms with Crippen LogP contribution in [0.25, 0.3) is 17.3 Å². The molecule has 0 amide bonds. The first kappa shape index (κ1) is 21.0. The van der Waals surface area contributed by atoms with Crippen LogP contribution in [0.3, 0.4) is 0 Å². The van der Waals surface area contributed by atoms with Crippen LogP contribution in [-0.2, 0) is 5.41 Å². The lowest BCUT2D eigenvalue weighted by Gasteiger charge is -2.13. The third-order valence-electron chi connectivity index (χ3n) is 6.13. The molecule has 0 bridgehead atoms. The lowest BCUT2D eigenvalue weighted by Crippen LogP contribution is -2.12. The van der Waals surface area contributed by atoms with E-state index in [2.05, 4.69) is 15.2 Å². The Balaban J connectivity index is 1.53. The summed E-state index contributed by atoms with van der Waals surface area (Å²) in [5.41, 5.74) is 2.55. The van der Waals surface area contributed by atoms with Gasteiger partial charge in [0, 0.05) is 0 Å². The molecule has 7 nitrogen and oxygen atoms in total. The fraction of sp³-hybridized carbons (Fsp3) is 0.250. The van der Waals surface area contributed by atoms with Crippen LogP contribution in [0, 0.1) is 13.8 Å². The predicted molar refractivity (Wildman–Crippen MR) is 115 cm³/mol. The van der Waals surface area contributed by atoms with Crippen molar-refractivity contribution in [3.63, 3.8) is 0 Å². The summed E-state index contributed by atoms with van der Waals surface area (Å²) in [4.78, 5) is 15.8. The number of carbonyl (C=O) groups is 1. The summed E-state index contributed by atoms with van der Waals surface area (Å²) in [5.74, 6) is -0.513. The summed E-state index contributed by atoms with van der Waals surface area (Å²) in [5, 5.41) is 17.7. The summed E-state index contributed by atoms with van der Waals surface area (Å²) >= 11 is 0. The number of nitrogens with zero attached hydrogens (tertiary/aromatic N) is 4. The molecule has 0 saturated heterocycles. The van der Waals surface area contributed by atoms with Gasteiger partial charge >= 0.3 is 5.97 Å². The molecule has 2 heterocycles. The van der Waals surface area contributed by atoms with Crippen LogP contribution in [0.4, 0.5) is 8.78 Å². The number of carboxylic acid groups (broad SMARTS) is 1. The standard InChI is InChI=1S/C24H20F2N4O3/c1-13-5-3-4-6-17(13)24(9-10-24)23-27-21(33-29-23)18-12-19(20(25)26)30(28-18)15-7-8-16(22(31)32)14(2)11-15/h3-8,11-12,20H,9-10H2,1-2H3,(H,31,32). The van der Waals surface area contributed by atoms with Crippen molar-refractivity contribution in [3.8, 4) is 17.3 Å². The fourth-order valence-corrected chi connectivity index (χ4v) is 4.25. The molecule has 1 N–H and O–H groups in total. The van der Waals surface area contributed by atoms with Gasteiger partial charge in [0.2, 0.25) is 0 Å². The quantitative estimate of drug-likeness (QED) is 0.431. The van der Waals surface area contributed by atoms with Gasteiger partial charge in [0.25, 0.3) is 12.3 Å². The van der Waals surface area contributed by atoms with Gasteiger partial charge in [-0.05, 0) is 67.6 Å². The number of hydrogen-bond donors (Lipinski definition) is 1. The zero-order valence-corrected chi connectivity index (χ0v) is 17.9. The molecule has 0 radical (unpaired) electrons. The summed E-state index contributed by atoms with van der Waals surface area (Å²) in [6.07, 6.45) is -1.05. The Labute approximate surface area is 187 Å². The van der Waals surface area contributed by atoms with Crippen LogP contribution in [0.15, 0.2) is 53.1 Å². The second kappa shape index (κ2) is 7.61. The first-order valence-electron chi connectivity index (χ1n) is 10.4. The third kappa shape index (κ3) is 3.49. The first-order chi connectivity index (χ1) is 15.8. The molecular weight excluding hydrogens is 430 g/mol.